The Morgan fingerprint density at radius 3 is 2.65 bits per heavy atom. The van der Waals surface area contributed by atoms with Crippen LogP contribution < -0.4 is 5.32 Å². The first-order chi connectivity index (χ1) is 9.79. The van der Waals surface area contributed by atoms with Crippen molar-refractivity contribution in [3.8, 4) is 0 Å². The zero-order valence-corrected chi connectivity index (χ0v) is 12.8. The molecule has 1 fully saturated rings. The minimum absolute atomic E-state index is 0.0705. The van der Waals surface area contributed by atoms with Gasteiger partial charge in [-0.1, -0.05) is 32.6 Å². The van der Waals surface area contributed by atoms with Crippen molar-refractivity contribution in [1.82, 2.24) is 10.2 Å². The highest BCUT2D eigenvalue weighted by Gasteiger charge is 2.26. The molecule has 1 heterocycles. The van der Waals surface area contributed by atoms with Crippen LogP contribution in [0.4, 0.5) is 0 Å². The normalized spacial score (nSPS) is 19.0. The van der Waals surface area contributed by atoms with Gasteiger partial charge in [0.15, 0.2) is 0 Å². The third-order valence-corrected chi connectivity index (χ3v) is 3.63. The van der Waals surface area contributed by atoms with Crippen LogP contribution in [-0.2, 0) is 9.53 Å². The molecule has 5 nitrogen and oxygen atoms in total. The van der Waals surface area contributed by atoms with E-state index < -0.39 is 0 Å². The molecule has 0 bridgehead atoms. The largest absolute Gasteiger partial charge is 0.396 e. The van der Waals surface area contributed by atoms with E-state index in [-0.39, 0.29) is 18.6 Å². The zero-order valence-electron chi connectivity index (χ0n) is 12.8. The number of aliphatic hydroxyl groups excluding tert-OH is 1. The van der Waals surface area contributed by atoms with Gasteiger partial charge in [-0.25, -0.2) is 0 Å². The van der Waals surface area contributed by atoms with Gasteiger partial charge in [0.05, 0.1) is 6.61 Å². The number of hydrogen-bond acceptors (Lipinski definition) is 4. The number of nitrogens with one attached hydrogen (secondary N) is 1. The van der Waals surface area contributed by atoms with Crippen LogP contribution in [0.15, 0.2) is 0 Å². The Kier molecular flexibility index (Phi) is 9.62. The average Bonchev–Trinajstić information content (AvgIpc) is 2.50. The summed E-state index contributed by atoms with van der Waals surface area (Å²) in [5.41, 5.74) is 0. The van der Waals surface area contributed by atoms with Crippen molar-refractivity contribution in [2.45, 2.75) is 51.6 Å². The molecule has 1 rings (SSSR count). The lowest BCUT2D eigenvalue weighted by Gasteiger charge is -2.29. The summed E-state index contributed by atoms with van der Waals surface area (Å²) in [6, 6.07) is 0. The third kappa shape index (κ3) is 6.68. The fraction of sp³-hybridized carbons (Fsp3) is 0.933. The van der Waals surface area contributed by atoms with E-state index in [1.807, 2.05) is 4.90 Å². The monoisotopic (exact) mass is 286 g/mol. The molecule has 0 saturated carbocycles. The van der Waals surface area contributed by atoms with E-state index in [0.29, 0.717) is 26.1 Å². The van der Waals surface area contributed by atoms with E-state index in [1.165, 1.54) is 25.7 Å². The van der Waals surface area contributed by atoms with E-state index in [4.69, 9.17) is 9.84 Å². The summed E-state index contributed by atoms with van der Waals surface area (Å²) in [5, 5.41) is 12.2. The van der Waals surface area contributed by atoms with E-state index in [1.54, 1.807) is 0 Å². The fourth-order valence-electron chi connectivity index (χ4n) is 2.43. The first-order valence-corrected chi connectivity index (χ1v) is 8.01. The van der Waals surface area contributed by atoms with Crippen LogP contribution in [0.5, 0.6) is 0 Å². The summed E-state index contributed by atoms with van der Waals surface area (Å²) in [6.07, 6.45) is 6.23. The number of hydrogen-bond donors (Lipinski definition) is 2. The Morgan fingerprint density at radius 1 is 1.25 bits per heavy atom. The van der Waals surface area contributed by atoms with Crippen LogP contribution in [0, 0.1) is 0 Å². The number of morpholine rings is 1. The second kappa shape index (κ2) is 11.1. The Balaban J connectivity index is 2.34. The minimum Gasteiger partial charge on any atom is -0.396 e. The summed E-state index contributed by atoms with van der Waals surface area (Å²) in [7, 11) is 0. The van der Waals surface area contributed by atoms with Gasteiger partial charge >= 0.3 is 0 Å². The third-order valence-electron chi connectivity index (χ3n) is 3.63. The number of rotatable bonds is 10. The quantitative estimate of drug-likeness (QED) is 0.592. The molecule has 1 unspecified atom stereocenters. The van der Waals surface area contributed by atoms with Crippen LogP contribution in [0.25, 0.3) is 0 Å². The Bertz CT molecular complexity index is 256. The van der Waals surface area contributed by atoms with Gasteiger partial charge in [0, 0.05) is 32.8 Å². The number of carbonyl (C=O) groups excluding carboxylic acids is 1. The molecule has 0 spiro atoms. The molecule has 5 heteroatoms. The van der Waals surface area contributed by atoms with Crippen molar-refractivity contribution >= 4 is 5.91 Å². The van der Waals surface area contributed by atoms with Gasteiger partial charge in [0.25, 0.3) is 5.91 Å². The number of unbranched alkanes of at least 4 members (excludes halogenated alkanes) is 4. The van der Waals surface area contributed by atoms with Gasteiger partial charge in [-0.15, -0.1) is 0 Å². The van der Waals surface area contributed by atoms with Gasteiger partial charge in [-0.3, -0.25) is 4.79 Å². The number of amides is 1. The molecule has 1 aliphatic heterocycles. The zero-order chi connectivity index (χ0) is 14.6. The molecule has 118 valence electrons. The topological polar surface area (TPSA) is 61.8 Å². The number of aliphatic hydroxyl groups is 1. The summed E-state index contributed by atoms with van der Waals surface area (Å²) in [4.78, 5) is 14.3. The maximum atomic E-state index is 12.4. The van der Waals surface area contributed by atoms with Gasteiger partial charge in [-0.2, -0.15) is 0 Å². The number of ether oxygens (including phenoxy) is 1. The molecule has 0 radical (unpaired) electrons. The highest BCUT2D eigenvalue weighted by atomic mass is 16.5. The van der Waals surface area contributed by atoms with Crippen LogP contribution in [0.1, 0.15) is 45.4 Å². The minimum atomic E-state index is -0.349. The summed E-state index contributed by atoms with van der Waals surface area (Å²) < 4.78 is 5.53. The second-order valence-corrected chi connectivity index (χ2v) is 5.38. The molecule has 0 aromatic carbocycles. The van der Waals surface area contributed by atoms with Crippen molar-refractivity contribution in [3.63, 3.8) is 0 Å². The average molecular weight is 286 g/mol. The Hall–Kier alpha value is -0.650. The first kappa shape index (κ1) is 17.4. The van der Waals surface area contributed by atoms with Gasteiger partial charge < -0.3 is 20.1 Å². The summed E-state index contributed by atoms with van der Waals surface area (Å²) in [5.74, 6) is 0.0705. The highest BCUT2D eigenvalue weighted by Crippen LogP contribution is 2.08. The van der Waals surface area contributed by atoms with Crippen LogP contribution in [0.2, 0.25) is 0 Å². The van der Waals surface area contributed by atoms with Crippen LogP contribution in [0.3, 0.4) is 0 Å². The molecule has 1 saturated heterocycles. The molecule has 1 atom stereocenters. The van der Waals surface area contributed by atoms with Crippen LogP contribution in [-0.4, -0.2) is 61.4 Å². The number of carbonyl (C=O) groups is 1. The lowest BCUT2D eigenvalue weighted by Crippen LogP contribution is -2.50. The Morgan fingerprint density at radius 2 is 2.00 bits per heavy atom. The predicted octanol–water partition coefficient (Wildman–Crippen LogP) is 1.16. The van der Waals surface area contributed by atoms with E-state index in [9.17, 15) is 4.79 Å². The molecular weight excluding hydrogens is 256 g/mol. The van der Waals surface area contributed by atoms with Gasteiger partial charge in [0.2, 0.25) is 0 Å². The van der Waals surface area contributed by atoms with E-state index >= 15 is 0 Å². The summed E-state index contributed by atoms with van der Waals surface area (Å²) >= 11 is 0. The summed E-state index contributed by atoms with van der Waals surface area (Å²) in [6.45, 7) is 5.75. The molecule has 0 aromatic rings. The first-order valence-electron chi connectivity index (χ1n) is 8.01. The van der Waals surface area contributed by atoms with Crippen molar-refractivity contribution < 1.29 is 14.6 Å². The predicted molar refractivity (Wildman–Crippen MR) is 79.7 cm³/mol. The van der Waals surface area contributed by atoms with Crippen LogP contribution >= 0.6 is 0 Å². The van der Waals surface area contributed by atoms with E-state index in [0.717, 1.165) is 19.5 Å². The van der Waals surface area contributed by atoms with E-state index in [2.05, 4.69) is 12.2 Å². The second-order valence-electron chi connectivity index (χ2n) is 5.38. The fourth-order valence-corrected chi connectivity index (χ4v) is 2.43. The molecule has 1 aliphatic rings. The molecule has 0 aliphatic carbocycles. The van der Waals surface area contributed by atoms with Gasteiger partial charge in [0.1, 0.15) is 6.10 Å². The van der Waals surface area contributed by atoms with Crippen molar-refractivity contribution in [2.24, 2.45) is 0 Å². The smallest absolute Gasteiger partial charge is 0.253 e. The highest BCUT2D eigenvalue weighted by molar-refractivity contribution is 5.81. The van der Waals surface area contributed by atoms with Crippen molar-refractivity contribution in [2.75, 3.05) is 39.4 Å². The molecule has 0 aromatic heterocycles. The lowest BCUT2D eigenvalue weighted by molar-refractivity contribution is -0.145. The maximum absolute atomic E-state index is 12.4. The molecule has 2 N–H and O–H groups in total. The van der Waals surface area contributed by atoms with Gasteiger partial charge in [-0.05, 0) is 12.8 Å². The molecule has 1 amide bonds. The van der Waals surface area contributed by atoms with Crippen molar-refractivity contribution in [3.05, 3.63) is 0 Å². The SMILES string of the molecule is CCCCCCCN(CCCO)C(=O)C1CNCCO1. The lowest BCUT2D eigenvalue weighted by atomic mass is 10.1. The Labute approximate surface area is 122 Å². The standard InChI is InChI=1S/C15H30N2O3/c1-2-3-4-5-6-9-17(10-7-11-18)15(19)14-13-16-8-12-20-14/h14,16,18H,2-13H2,1H3. The number of nitrogens with zero attached hydrogens (tertiary/aromatic N) is 1. The molecule has 20 heavy (non-hydrogen) atoms. The molecular formula is C15H30N2O3. The van der Waals surface area contributed by atoms with Crippen molar-refractivity contribution in [1.29, 1.82) is 0 Å². The maximum Gasteiger partial charge on any atom is 0.253 e.